The number of hydrogen-bond donors (Lipinski definition) is 0. The summed E-state index contributed by atoms with van der Waals surface area (Å²) in [7, 11) is 0. The SMILES string of the molecule is CC.CC(C)N1CC2C1CC2(C)F. The van der Waals surface area contributed by atoms with Gasteiger partial charge in [0.2, 0.25) is 0 Å². The van der Waals surface area contributed by atoms with Crippen LogP contribution in [0.5, 0.6) is 0 Å². The molecule has 1 saturated carbocycles. The second kappa shape index (κ2) is 3.56. The van der Waals surface area contributed by atoms with E-state index in [4.69, 9.17) is 0 Å². The third kappa shape index (κ3) is 1.61. The molecule has 2 aliphatic rings. The first kappa shape index (κ1) is 11.0. The Morgan fingerprint density at radius 2 is 1.92 bits per heavy atom. The van der Waals surface area contributed by atoms with Crippen LogP contribution in [-0.2, 0) is 0 Å². The minimum atomic E-state index is -0.837. The number of fused-ring (bicyclic) bond motifs is 1. The van der Waals surface area contributed by atoms with Crippen molar-refractivity contribution in [3.63, 3.8) is 0 Å². The molecule has 2 rings (SSSR count). The Bertz CT molecular complexity index is 173. The third-order valence-electron chi connectivity index (χ3n) is 3.34. The zero-order valence-electron chi connectivity index (χ0n) is 9.47. The van der Waals surface area contributed by atoms with E-state index < -0.39 is 5.67 Å². The minimum absolute atomic E-state index is 0.352. The van der Waals surface area contributed by atoms with Crippen LogP contribution in [0.25, 0.3) is 0 Å². The van der Waals surface area contributed by atoms with Crippen LogP contribution in [0.15, 0.2) is 0 Å². The molecular weight excluding hydrogens is 165 g/mol. The number of piperidine rings is 1. The van der Waals surface area contributed by atoms with Gasteiger partial charge < -0.3 is 0 Å². The number of hydrogen-bond acceptors (Lipinski definition) is 1. The Balaban J connectivity index is 0.000000396. The molecule has 0 radical (unpaired) electrons. The summed E-state index contributed by atoms with van der Waals surface area (Å²) in [6.45, 7) is 11.1. The number of likely N-dealkylation sites (tertiary alicyclic amines) is 1. The van der Waals surface area contributed by atoms with Gasteiger partial charge in [-0.2, -0.15) is 0 Å². The maximum atomic E-state index is 13.3. The Labute approximate surface area is 81.3 Å². The van der Waals surface area contributed by atoms with E-state index in [1.54, 1.807) is 6.92 Å². The lowest BCUT2D eigenvalue weighted by Gasteiger charge is -2.63. The van der Waals surface area contributed by atoms with E-state index in [1.165, 1.54) is 0 Å². The van der Waals surface area contributed by atoms with Gasteiger partial charge in [-0.3, -0.25) is 4.90 Å². The van der Waals surface area contributed by atoms with Crippen molar-refractivity contribution in [1.82, 2.24) is 4.90 Å². The van der Waals surface area contributed by atoms with E-state index in [2.05, 4.69) is 18.7 Å². The van der Waals surface area contributed by atoms with E-state index in [1.807, 2.05) is 13.8 Å². The first-order chi connectivity index (χ1) is 6.02. The topological polar surface area (TPSA) is 3.24 Å². The van der Waals surface area contributed by atoms with Crippen LogP contribution in [0.4, 0.5) is 4.39 Å². The lowest BCUT2D eigenvalue weighted by Crippen LogP contribution is -2.73. The lowest BCUT2D eigenvalue weighted by molar-refractivity contribution is -0.183. The smallest absolute Gasteiger partial charge is 0.115 e. The van der Waals surface area contributed by atoms with E-state index in [0.717, 1.165) is 13.0 Å². The molecule has 0 aromatic carbocycles. The molecule has 2 heteroatoms. The highest BCUT2D eigenvalue weighted by Gasteiger charge is 2.60. The van der Waals surface area contributed by atoms with Crippen LogP contribution in [0.2, 0.25) is 0 Å². The zero-order valence-corrected chi connectivity index (χ0v) is 9.47. The summed E-state index contributed by atoms with van der Waals surface area (Å²) in [5.74, 6) is 0.352. The molecule has 3 atom stereocenters. The van der Waals surface area contributed by atoms with Gasteiger partial charge in [-0.05, 0) is 27.2 Å². The van der Waals surface area contributed by atoms with Crippen LogP contribution < -0.4 is 0 Å². The fourth-order valence-electron chi connectivity index (χ4n) is 2.42. The average Bonchev–Trinajstić information content (AvgIpc) is 2.02. The van der Waals surface area contributed by atoms with Gasteiger partial charge in [0.1, 0.15) is 5.67 Å². The molecule has 1 aliphatic carbocycles. The standard InChI is InChI=1S/C9H16FN.C2H6/c1-6(2)11-5-7-8(11)4-9(7,3)10;1-2/h6-8H,4-5H2,1-3H3;1-2H3. The Morgan fingerprint density at radius 3 is 2.15 bits per heavy atom. The highest BCUT2D eigenvalue weighted by molar-refractivity contribution is 5.13. The van der Waals surface area contributed by atoms with Gasteiger partial charge in [0.25, 0.3) is 0 Å². The van der Waals surface area contributed by atoms with E-state index in [0.29, 0.717) is 18.0 Å². The van der Waals surface area contributed by atoms with Crippen molar-refractivity contribution >= 4 is 0 Å². The lowest BCUT2D eigenvalue weighted by atomic mass is 9.61. The summed E-state index contributed by atoms with van der Waals surface area (Å²) >= 11 is 0. The van der Waals surface area contributed by atoms with Crippen molar-refractivity contribution in [1.29, 1.82) is 0 Å². The molecule has 1 aliphatic heterocycles. The molecule has 0 aromatic heterocycles. The first-order valence-electron chi connectivity index (χ1n) is 5.47. The molecule has 1 heterocycles. The molecule has 78 valence electrons. The maximum Gasteiger partial charge on any atom is 0.115 e. The molecule has 0 aromatic rings. The summed E-state index contributed by atoms with van der Waals surface area (Å²) in [6.07, 6.45) is 0.760. The Morgan fingerprint density at radius 1 is 1.38 bits per heavy atom. The van der Waals surface area contributed by atoms with E-state index in [-0.39, 0.29) is 0 Å². The van der Waals surface area contributed by atoms with Crippen molar-refractivity contribution < 1.29 is 4.39 Å². The summed E-state index contributed by atoms with van der Waals surface area (Å²) in [6, 6.07) is 1.18. The van der Waals surface area contributed by atoms with Gasteiger partial charge >= 0.3 is 0 Å². The van der Waals surface area contributed by atoms with Crippen LogP contribution in [0.3, 0.4) is 0 Å². The third-order valence-corrected chi connectivity index (χ3v) is 3.34. The minimum Gasteiger partial charge on any atom is -0.297 e. The molecular formula is C11H22FN. The highest BCUT2D eigenvalue weighted by atomic mass is 19.1. The molecule has 0 bridgehead atoms. The van der Waals surface area contributed by atoms with Crippen molar-refractivity contribution in [3.05, 3.63) is 0 Å². The van der Waals surface area contributed by atoms with Gasteiger partial charge in [-0.1, -0.05) is 13.8 Å². The molecule has 0 N–H and O–H groups in total. The molecule has 3 unspecified atom stereocenters. The molecule has 13 heavy (non-hydrogen) atoms. The van der Waals surface area contributed by atoms with E-state index >= 15 is 0 Å². The highest BCUT2D eigenvalue weighted by Crippen LogP contribution is 2.52. The van der Waals surface area contributed by atoms with Crippen molar-refractivity contribution in [3.8, 4) is 0 Å². The fourth-order valence-corrected chi connectivity index (χ4v) is 2.42. The summed E-state index contributed by atoms with van der Waals surface area (Å²) in [5, 5.41) is 0. The summed E-state index contributed by atoms with van der Waals surface area (Å²) in [5.41, 5.74) is -0.837. The Kier molecular flexibility index (Phi) is 3.01. The molecule has 1 saturated heterocycles. The predicted molar refractivity (Wildman–Crippen MR) is 54.6 cm³/mol. The fraction of sp³-hybridized carbons (Fsp3) is 1.00. The van der Waals surface area contributed by atoms with Gasteiger partial charge in [-0.15, -0.1) is 0 Å². The summed E-state index contributed by atoms with van der Waals surface area (Å²) in [4.78, 5) is 2.39. The molecule has 0 spiro atoms. The van der Waals surface area contributed by atoms with Crippen molar-refractivity contribution in [2.45, 2.75) is 58.8 Å². The van der Waals surface area contributed by atoms with Crippen molar-refractivity contribution in [2.75, 3.05) is 6.54 Å². The van der Waals surface area contributed by atoms with Gasteiger partial charge in [0.05, 0.1) is 0 Å². The second-order valence-corrected chi connectivity index (χ2v) is 4.45. The average molecular weight is 187 g/mol. The molecule has 1 nitrogen and oxygen atoms in total. The summed E-state index contributed by atoms with van der Waals surface area (Å²) < 4.78 is 13.3. The second-order valence-electron chi connectivity index (χ2n) is 4.45. The van der Waals surface area contributed by atoms with Crippen molar-refractivity contribution in [2.24, 2.45) is 5.92 Å². The molecule has 2 fully saturated rings. The number of halogens is 1. The number of alkyl halides is 1. The number of nitrogens with zero attached hydrogens (tertiary/aromatic N) is 1. The predicted octanol–water partition coefficient (Wildman–Crippen LogP) is 2.85. The van der Waals surface area contributed by atoms with Gasteiger partial charge in [0, 0.05) is 24.5 Å². The quantitative estimate of drug-likeness (QED) is 0.610. The van der Waals surface area contributed by atoms with E-state index in [9.17, 15) is 4.39 Å². The Hall–Kier alpha value is -0.110. The van der Waals surface area contributed by atoms with Crippen LogP contribution in [0.1, 0.15) is 41.0 Å². The monoisotopic (exact) mass is 187 g/mol. The maximum absolute atomic E-state index is 13.3. The normalized spacial score (nSPS) is 42.7. The van der Waals surface area contributed by atoms with Gasteiger partial charge in [0.15, 0.2) is 0 Å². The molecule has 0 amide bonds. The largest absolute Gasteiger partial charge is 0.297 e. The first-order valence-corrected chi connectivity index (χ1v) is 5.47. The van der Waals surface area contributed by atoms with Crippen LogP contribution >= 0.6 is 0 Å². The number of rotatable bonds is 1. The zero-order chi connectivity index (χ0) is 10.2. The van der Waals surface area contributed by atoms with Crippen LogP contribution in [0, 0.1) is 5.92 Å². The van der Waals surface area contributed by atoms with Gasteiger partial charge in [-0.25, -0.2) is 4.39 Å². The van der Waals surface area contributed by atoms with Crippen LogP contribution in [-0.4, -0.2) is 29.2 Å².